The first kappa shape index (κ1) is 22.1. The SMILES string of the molecule is Cc1ccc(-n2c(SCC(=O)N(CCC#N)CCC#N)nnc2-c2ccccc2)cc1. The van der Waals surface area contributed by atoms with Crippen LogP contribution in [0.25, 0.3) is 17.1 Å². The number of rotatable bonds is 9. The van der Waals surface area contributed by atoms with Gasteiger partial charge in [-0.3, -0.25) is 9.36 Å². The lowest BCUT2D eigenvalue weighted by molar-refractivity contribution is -0.128. The van der Waals surface area contributed by atoms with E-state index in [9.17, 15) is 4.79 Å². The summed E-state index contributed by atoms with van der Waals surface area (Å²) in [5, 5.41) is 27.0. The van der Waals surface area contributed by atoms with Crippen molar-refractivity contribution >= 4 is 17.7 Å². The number of thioether (sulfide) groups is 1. The summed E-state index contributed by atoms with van der Waals surface area (Å²) in [6, 6.07) is 21.9. The van der Waals surface area contributed by atoms with E-state index >= 15 is 0 Å². The molecule has 0 aliphatic heterocycles. The number of nitriles is 2. The van der Waals surface area contributed by atoms with E-state index in [0.717, 1.165) is 16.8 Å². The molecule has 0 spiro atoms. The second kappa shape index (κ2) is 11.0. The molecule has 3 rings (SSSR count). The highest BCUT2D eigenvalue weighted by Crippen LogP contribution is 2.28. The highest BCUT2D eigenvalue weighted by atomic mass is 32.2. The molecule has 2 aromatic carbocycles. The fourth-order valence-electron chi connectivity index (χ4n) is 3.01. The molecule has 0 fully saturated rings. The third-order valence-electron chi connectivity index (χ3n) is 4.62. The summed E-state index contributed by atoms with van der Waals surface area (Å²) in [5.74, 6) is 0.718. The predicted octanol–water partition coefficient (Wildman–Crippen LogP) is 3.99. The molecular formula is C23H22N6OS. The van der Waals surface area contributed by atoms with Crippen molar-refractivity contribution in [2.24, 2.45) is 0 Å². The molecule has 0 bridgehead atoms. The van der Waals surface area contributed by atoms with Crippen molar-refractivity contribution in [1.82, 2.24) is 19.7 Å². The summed E-state index contributed by atoms with van der Waals surface area (Å²) < 4.78 is 1.95. The lowest BCUT2D eigenvalue weighted by atomic mass is 10.2. The molecule has 0 saturated heterocycles. The maximum absolute atomic E-state index is 12.7. The Bertz CT molecular complexity index is 1080. The van der Waals surface area contributed by atoms with Crippen LogP contribution < -0.4 is 0 Å². The average Bonchev–Trinajstić information content (AvgIpc) is 3.22. The van der Waals surface area contributed by atoms with E-state index in [1.54, 1.807) is 4.90 Å². The molecular weight excluding hydrogens is 408 g/mol. The minimum absolute atomic E-state index is 0.129. The highest BCUT2D eigenvalue weighted by Gasteiger charge is 2.19. The molecule has 0 atom stereocenters. The van der Waals surface area contributed by atoms with Gasteiger partial charge < -0.3 is 4.90 Å². The first-order chi connectivity index (χ1) is 15.1. The zero-order valence-corrected chi connectivity index (χ0v) is 18.0. The third-order valence-corrected chi connectivity index (χ3v) is 5.54. The van der Waals surface area contributed by atoms with Crippen LogP contribution in [0.2, 0.25) is 0 Å². The molecule has 0 aliphatic carbocycles. The van der Waals surface area contributed by atoms with Crippen molar-refractivity contribution in [3.05, 3.63) is 60.2 Å². The third kappa shape index (κ3) is 5.71. The first-order valence-corrected chi connectivity index (χ1v) is 10.8. The van der Waals surface area contributed by atoms with Crippen LogP contribution in [-0.2, 0) is 4.79 Å². The van der Waals surface area contributed by atoms with E-state index in [2.05, 4.69) is 10.2 Å². The standard InChI is InChI=1S/C23H22N6OS/c1-18-9-11-20(12-10-18)29-22(19-7-3-2-4-8-19)26-27-23(29)31-17-21(30)28(15-5-13-24)16-6-14-25/h2-4,7-12H,5-6,15-17H2,1H3. The molecule has 3 aromatic rings. The average molecular weight is 431 g/mol. The summed E-state index contributed by atoms with van der Waals surface area (Å²) in [6.07, 6.45) is 0.471. The Kier molecular flexibility index (Phi) is 7.80. The van der Waals surface area contributed by atoms with Crippen molar-refractivity contribution in [3.8, 4) is 29.2 Å². The van der Waals surface area contributed by atoms with Crippen molar-refractivity contribution < 1.29 is 4.79 Å². The van der Waals surface area contributed by atoms with Crippen LogP contribution in [0.15, 0.2) is 59.8 Å². The van der Waals surface area contributed by atoms with Gasteiger partial charge in [0.2, 0.25) is 5.91 Å². The number of benzene rings is 2. The molecule has 31 heavy (non-hydrogen) atoms. The van der Waals surface area contributed by atoms with Gasteiger partial charge in [0.15, 0.2) is 11.0 Å². The first-order valence-electron chi connectivity index (χ1n) is 9.86. The fourth-order valence-corrected chi connectivity index (χ4v) is 3.87. The molecule has 7 nitrogen and oxygen atoms in total. The zero-order valence-electron chi connectivity index (χ0n) is 17.2. The topological polar surface area (TPSA) is 98.6 Å². The van der Waals surface area contributed by atoms with Crippen molar-refractivity contribution in [2.45, 2.75) is 24.9 Å². The van der Waals surface area contributed by atoms with Crippen LogP contribution >= 0.6 is 11.8 Å². The van der Waals surface area contributed by atoms with Crippen LogP contribution in [0.5, 0.6) is 0 Å². The van der Waals surface area contributed by atoms with Gasteiger partial charge in [0.05, 0.1) is 30.7 Å². The number of aryl methyl sites for hydroxylation is 1. The Balaban J connectivity index is 1.86. The van der Waals surface area contributed by atoms with Gasteiger partial charge >= 0.3 is 0 Å². The number of aromatic nitrogens is 3. The molecule has 0 unspecified atom stereocenters. The minimum Gasteiger partial charge on any atom is -0.340 e. The van der Waals surface area contributed by atoms with Crippen LogP contribution in [0.4, 0.5) is 0 Å². The Hall–Kier alpha value is -3.62. The minimum atomic E-state index is -0.129. The number of hydrogen-bond acceptors (Lipinski definition) is 6. The van der Waals surface area contributed by atoms with E-state index in [1.807, 2.05) is 78.2 Å². The normalized spacial score (nSPS) is 10.3. The number of nitrogens with zero attached hydrogens (tertiary/aromatic N) is 6. The maximum Gasteiger partial charge on any atom is 0.233 e. The van der Waals surface area contributed by atoms with Gasteiger partial charge in [-0.15, -0.1) is 10.2 Å². The summed E-state index contributed by atoms with van der Waals surface area (Å²) >= 11 is 1.30. The van der Waals surface area contributed by atoms with Gasteiger partial charge in [-0.1, -0.05) is 59.8 Å². The van der Waals surface area contributed by atoms with E-state index in [4.69, 9.17) is 10.5 Å². The number of carbonyl (C=O) groups is 1. The highest BCUT2D eigenvalue weighted by molar-refractivity contribution is 7.99. The van der Waals surface area contributed by atoms with Gasteiger partial charge in [0, 0.05) is 24.3 Å². The van der Waals surface area contributed by atoms with E-state index in [0.29, 0.717) is 24.1 Å². The lowest BCUT2D eigenvalue weighted by Crippen LogP contribution is -2.34. The zero-order chi connectivity index (χ0) is 22.1. The van der Waals surface area contributed by atoms with Crippen molar-refractivity contribution in [2.75, 3.05) is 18.8 Å². The van der Waals surface area contributed by atoms with E-state index in [1.165, 1.54) is 11.8 Å². The molecule has 0 saturated carbocycles. The Morgan fingerprint density at radius 3 is 2.26 bits per heavy atom. The van der Waals surface area contributed by atoms with Gasteiger partial charge in [-0.05, 0) is 19.1 Å². The lowest BCUT2D eigenvalue weighted by Gasteiger charge is -2.20. The van der Waals surface area contributed by atoms with E-state index in [-0.39, 0.29) is 24.5 Å². The molecule has 1 heterocycles. The quantitative estimate of drug-likeness (QED) is 0.476. The smallest absolute Gasteiger partial charge is 0.233 e. The predicted molar refractivity (Wildman–Crippen MR) is 119 cm³/mol. The summed E-state index contributed by atoms with van der Waals surface area (Å²) in [5.41, 5.74) is 2.99. The fraction of sp³-hybridized carbons (Fsp3) is 0.261. The summed E-state index contributed by atoms with van der Waals surface area (Å²) in [4.78, 5) is 14.3. The monoisotopic (exact) mass is 430 g/mol. The number of amides is 1. The van der Waals surface area contributed by atoms with Crippen molar-refractivity contribution in [3.63, 3.8) is 0 Å². The molecule has 0 radical (unpaired) electrons. The largest absolute Gasteiger partial charge is 0.340 e. The summed E-state index contributed by atoms with van der Waals surface area (Å²) in [7, 11) is 0. The second-order valence-corrected chi connectivity index (χ2v) is 7.77. The van der Waals surface area contributed by atoms with E-state index < -0.39 is 0 Å². The van der Waals surface area contributed by atoms with Gasteiger partial charge in [0.1, 0.15) is 0 Å². The van der Waals surface area contributed by atoms with Crippen LogP contribution in [0.3, 0.4) is 0 Å². The maximum atomic E-state index is 12.7. The molecule has 1 aromatic heterocycles. The molecule has 8 heteroatoms. The Morgan fingerprint density at radius 1 is 1.00 bits per heavy atom. The number of carbonyl (C=O) groups excluding carboxylic acids is 1. The second-order valence-electron chi connectivity index (χ2n) is 6.83. The van der Waals surface area contributed by atoms with Gasteiger partial charge in [-0.2, -0.15) is 10.5 Å². The molecule has 156 valence electrons. The van der Waals surface area contributed by atoms with Crippen molar-refractivity contribution in [1.29, 1.82) is 10.5 Å². The molecule has 0 N–H and O–H groups in total. The van der Waals surface area contributed by atoms with Crippen LogP contribution in [-0.4, -0.2) is 44.4 Å². The molecule has 1 amide bonds. The van der Waals surface area contributed by atoms with Gasteiger partial charge in [0.25, 0.3) is 0 Å². The Labute approximate surface area is 185 Å². The number of hydrogen-bond donors (Lipinski definition) is 0. The van der Waals surface area contributed by atoms with Gasteiger partial charge in [-0.25, -0.2) is 0 Å². The Morgan fingerprint density at radius 2 is 1.65 bits per heavy atom. The summed E-state index contributed by atoms with van der Waals surface area (Å²) in [6.45, 7) is 2.66. The molecule has 0 aliphatic rings. The van der Waals surface area contributed by atoms with Crippen LogP contribution in [0, 0.1) is 29.6 Å². The van der Waals surface area contributed by atoms with Crippen LogP contribution in [0.1, 0.15) is 18.4 Å².